The zero-order valence-electron chi connectivity index (χ0n) is 9.42. The number of ketones is 1. The summed E-state index contributed by atoms with van der Waals surface area (Å²) in [5.74, 6) is 0.678. The van der Waals surface area contributed by atoms with Crippen molar-refractivity contribution in [1.82, 2.24) is 0 Å². The fourth-order valence-corrected chi connectivity index (χ4v) is 2.03. The summed E-state index contributed by atoms with van der Waals surface area (Å²) in [4.78, 5) is 12.9. The largest absolute Gasteiger partial charge is 0.497 e. The summed E-state index contributed by atoms with van der Waals surface area (Å²) in [6.07, 6.45) is 3.41. The van der Waals surface area contributed by atoms with Crippen molar-refractivity contribution in [3.63, 3.8) is 0 Å². The molecule has 0 saturated heterocycles. The first kappa shape index (κ1) is 11.6. The Morgan fingerprint density at radius 3 is 2.88 bits per heavy atom. The summed E-state index contributed by atoms with van der Waals surface area (Å²) in [5, 5.41) is 1.98. The molecule has 3 heteroatoms. The first-order valence-electron chi connectivity index (χ1n) is 5.19. The summed E-state index contributed by atoms with van der Waals surface area (Å²) in [6, 6.07) is 11.1. The minimum Gasteiger partial charge on any atom is -0.497 e. The lowest BCUT2D eigenvalue weighted by atomic mass is 10.1. The molecule has 0 aliphatic carbocycles. The monoisotopic (exact) mass is 244 g/mol. The standard InChI is InChI=1S/C14H12O2S/c1-16-12-5-2-4-11(10-12)14(15)8-7-13-6-3-9-17-13/h2-10H,1H3. The summed E-state index contributed by atoms with van der Waals surface area (Å²) < 4.78 is 5.08. The van der Waals surface area contributed by atoms with E-state index < -0.39 is 0 Å². The quantitative estimate of drug-likeness (QED) is 0.606. The van der Waals surface area contributed by atoms with Crippen LogP contribution in [0.25, 0.3) is 6.08 Å². The molecule has 0 fully saturated rings. The van der Waals surface area contributed by atoms with Gasteiger partial charge in [0.2, 0.25) is 0 Å². The molecule has 0 atom stereocenters. The van der Waals surface area contributed by atoms with Gasteiger partial charge in [0.1, 0.15) is 5.75 Å². The van der Waals surface area contributed by atoms with E-state index in [0.717, 1.165) is 4.88 Å². The number of thiophene rings is 1. The summed E-state index contributed by atoms with van der Waals surface area (Å²) in [5.41, 5.74) is 0.636. The molecule has 86 valence electrons. The second-order valence-corrected chi connectivity index (χ2v) is 4.42. The third-order valence-corrected chi connectivity index (χ3v) is 3.13. The summed E-state index contributed by atoms with van der Waals surface area (Å²) in [6.45, 7) is 0. The third kappa shape index (κ3) is 3.04. The van der Waals surface area contributed by atoms with E-state index in [2.05, 4.69) is 0 Å². The Bertz CT molecular complexity index is 527. The minimum atomic E-state index is -0.0164. The molecule has 1 aromatic carbocycles. The zero-order chi connectivity index (χ0) is 12.1. The lowest BCUT2D eigenvalue weighted by Gasteiger charge is -2.00. The van der Waals surface area contributed by atoms with Gasteiger partial charge in [-0.05, 0) is 35.7 Å². The van der Waals surface area contributed by atoms with Gasteiger partial charge >= 0.3 is 0 Å². The van der Waals surface area contributed by atoms with Crippen LogP contribution in [0.1, 0.15) is 15.2 Å². The Morgan fingerprint density at radius 1 is 1.29 bits per heavy atom. The molecule has 0 radical (unpaired) electrons. The van der Waals surface area contributed by atoms with Crippen molar-refractivity contribution in [2.24, 2.45) is 0 Å². The maximum absolute atomic E-state index is 11.9. The molecule has 0 saturated carbocycles. The molecule has 2 rings (SSSR count). The predicted molar refractivity (Wildman–Crippen MR) is 70.7 cm³/mol. The van der Waals surface area contributed by atoms with Crippen LogP contribution in [-0.4, -0.2) is 12.9 Å². The van der Waals surface area contributed by atoms with E-state index in [0.29, 0.717) is 11.3 Å². The Morgan fingerprint density at radius 2 is 2.18 bits per heavy atom. The first-order valence-corrected chi connectivity index (χ1v) is 6.07. The lowest BCUT2D eigenvalue weighted by Crippen LogP contribution is -1.94. The highest BCUT2D eigenvalue weighted by Gasteiger charge is 2.02. The van der Waals surface area contributed by atoms with Crippen molar-refractivity contribution in [3.8, 4) is 5.75 Å². The van der Waals surface area contributed by atoms with E-state index in [-0.39, 0.29) is 5.78 Å². The average molecular weight is 244 g/mol. The second kappa shape index (κ2) is 5.46. The Kier molecular flexibility index (Phi) is 3.73. The van der Waals surface area contributed by atoms with Crippen molar-refractivity contribution in [3.05, 3.63) is 58.3 Å². The van der Waals surface area contributed by atoms with Crippen LogP contribution in [0, 0.1) is 0 Å². The highest BCUT2D eigenvalue weighted by atomic mass is 32.1. The van der Waals surface area contributed by atoms with Crippen molar-refractivity contribution < 1.29 is 9.53 Å². The molecule has 0 N–H and O–H groups in total. The van der Waals surface area contributed by atoms with E-state index in [9.17, 15) is 4.79 Å². The first-order chi connectivity index (χ1) is 8.29. The molecule has 1 aromatic heterocycles. The van der Waals surface area contributed by atoms with Gasteiger partial charge in [-0.15, -0.1) is 11.3 Å². The van der Waals surface area contributed by atoms with Gasteiger partial charge in [0, 0.05) is 10.4 Å². The van der Waals surface area contributed by atoms with Gasteiger partial charge in [-0.1, -0.05) is 18.2 Å². The molecular weight excluding hydrogens is 232 g/mol. The van der Waals surface area contributed by atoms with Crippen LogP contribution in [0.15, 0.2) is 47.9 Å². The van der Waals surface area contributed by atoms with Crippen LogP contribution in [0.4, 0.5) is 0 Å². The fourth-order valence-electron chi connectivity index (χ4n) is 1.42. The number of carbonyl (C=O) groups is 1. The van der Waals surface area contributed by atoms with Crippen molar-refractivity contribution in [1.29, 1.82) is 0 Å². The lowest BCUT2D eigenvalue weighted by molar-refractivity contribution is 0.104. The molecule has 0 bridgehead atoms. The minimum absolute atomic E-state index is 0.0164. The van der Waals surface area contributed by atoms with Gasteiger partial charge in [-0.25, -0.2) is 0 Å². The summed E-state index contributed by atoms with van der Waals surface area (Å²) >= 11 is 1.60. The van der Waals surface area contributed by atoms with Gasteiger partial charge < -0.3 is 4.74 Å². The average Bonchev–Trinajstić information content (AvgIpc) is 2.89. The zero-order valence-corrected chi connectivity index (χ0v) is 10.2. The van der Waals surface area contributed by atoms with Crippen molar-refractivity contribution in [2.45, 2.75) is 0 Å². The number of hydrogen-bond donors (Lipinski definition) is 0. The predicted octanol–water partition coefficient (Wildman–Crippen LogP) is 3.65. The molecule has 0 aliphatic rings. The highest BCUT2D eigenvalue weighted by Crippen LogP contribution is 2.15. The molecule has 2 nitrogen and oxygen atoms in total. The van der Waals surface area contributed by atoms with Crippen LogP contribution in [-0.2, 0) is 0 Å². The molecule has 0 unspecified atom stereocenters. The Balaban J connectivity index is 2.14. The Labute approximate surface area is 104 Å². The van der Waals surface area contributed by atoms with Crippen LogP contribution in [0.2, 0.25) is 0 Å². The molecule has 1 heterocycles. The van der Waals surface area contributed by atoms with Crippen LogP contribution in [0.5, 0.6) is 5.75 Å². The molecular formula is C14H12O2S. The normalized spacial score (nSPS) is 10.6. The van der Waals surface area contributed by atoms with Gasteiger partial charge in [-0.2, -0.15) is 0 Å². The molecule has 17 heavy (non-hydrogen) atoms. The SMILES string of the molecule is COc1cccc(C(=O)C=Cc2cccs2)c1. The maximum Gasteiger partial charge on any atom is 0.186 e. The van der Waals surface area contributed by atoms with Crippen LogP contribution in [0.3, 0.4) is 0 Å². The third-order valence-electron chi connectivity index (χ3n) is 2.30. The second-order valence-electron chi connectivity index (χ2n) is 3.44. The summed E-state index contributed by atoms with van der Waals surface area (Å²) in [7, 11) is 1.59. The van der Waals surface area contributed by atoms with Crippen molar-refractivity contribution >= 4 is 23.2 Å². The molecule has 0 spiro atoms. The van der Waals surface area contributed by atoms with Gasteiger partial charge in [-0.3, -0.25) is 4.79 Å². The molecule has 0 amide bonds. The number of carbonyl (C=O) groups excluding carboxylic acids is 1. The van der Waals surface area contributed by atoms with Gasteiger partial charge in [0.15, 0.2) is 5.78 Å². The smallest absolute Gasteiger partial charge is 0.186 e. The number of benzene rings is 1. The van der Waals surface area contributed by atoms with Crippen molar-refractivity contribution in [2.75, 3.05) is 7.11 Å². The maximum atomic E-state index is 11.9. The van der Waals surface area contributed by atoms with E-state index in [1.807, 2.05) is 35.7 Å². The number of methoxy groups -OCH3 is 1. The Hall–Kier alpha value is -1.87. The van der Waals surface area contributed by atoms with E-state index in [1.165, 1.54) is 0 Å². The van der Waals surface area contributed by atoms with E-state index in [1.54, 1.807) is 36.7 Å². The topological polar surface area (TPSA) is 26.3 Å². The fraction of sp³-hybridized carbons (Fsp3) is 0.0714. The van der Waals surface area contributed by atoms with Crippen LogP contribution < -0.4 is 4.74 Å². The number of allylic oxidation sites excluding steroid dienone is 1. The van der Waals surface area contributed by atoms with Gasteiger partial charge in [0.05, 0.1) is 7.11 Å². The van der Waals surface area contributed by atoms with Crippen LogP contribution >= 0.6 is 11.3 Å². The highest BCUT2D eigenvalue weighted by molar-refractivity contribution is 7.10. The van der Waals surface area contributed by atoms with Gasteiger partial charge in [0.25, 0.3) is 0 Å². The van der Waals surface area contributed by atoms with E-state index >= 15 is 0 Å². The molecule has 0 aliphatic heterocycles. The number of ether oxygens (including phenoxy) is 1. The van der Waals surface area contributed by atoms with E-state index in [4.69, 9.17) is 4.74 Å². The molecule has 2 aromatic rings. The number of rotatable bonds is 4. The number of hydrogen-bond acceptors (Lipinski definition) is 3.